The Labute approximate surface area is 151 Å². The summed E-state index contributed by atoms with van der Waals surface area (Å²) in [4.78, 5) is 12.0. The fraction of sp³-hybridized carbons (Fsp3) is 0.409. The number of anilines is 1. The average Bonchev–Trinajstić information content (AvgIpc) is 2.65. The quantitative estimate of drug-likeness (QED) is 0.649. The molecule has 3 nitrogen and oxygen atoms in total. The van der Waals surface area contributed by atoms with E-state index in [9.17, 15) is 4.79 Å². The number of ether oxygens (including phenoxy) is 1. The smallest absolute Gasteiger partial charge is 0.262 e. The molecule has 0 unspecified atom stereocenters. The summed E-state index contributed by atoms with van der Waals surface area (Å²) in [5, 5.41) is 2.87. The van der Waals surface area contributed by atoms with Crippen molar-refractivity contribution in [1.29, 1.82) is 0 Å². The van der Waals surface area contributed by atoms with Crippen molar-refractivity contribution in [2.24, 2.45) is 0 Å². The van der Waals surface area contributed by atoms with Gasteiger partial charge in [0.1, 0.15) is 5.75 Å². The highest BCUT2D eigenvalue weighted by Gasteiger charge is 2.06. The van der Waals surface area contributed by atoms with E-state index in [0.717, 1.165) is 24.3 Å². The van der Waals surface area contributed by atoms with Gasteiger partial charge in [0.15, 0.2) is 6.61 Å². The van der Waals surface area contributed by atoms with Gasteiger partial charge in [-0.15, -0.1) is 0 Å². The van der Waals surface area contributed by atoms with Gasteiger partial charge in [-0.2, -0.15) is 0 Å². The lowest BCUT2D eigenvalue weighted by molar-refractivity contribution is -0.118. The molecule has 2 aromatic carbocycles. The van der Waals surface area contributed by atoms with Crippen LogP contribution in [-0.2, 0) is 11.2 Å². The van der Waals surface area contributed by atoms with Gasteiger partial charge in [-0.25, -0.2) is 0 Å². The SMILES string of the molecule is CCCCc1ccc(NC(=O)COc2ccc([C@H](C)CC)cc2)cc1. The van der Waals surface area contributed by atoms with Gasteiger partial charge in [-0.1, -0.05) is 51.5 Å². The second kappa shape index (κ2) is 9.87. The predicted molar refractivity (Wildman–Crippen MR) is 104 cm³/mol. The van der Waals surface area contributed by atoms with Crippen LogP contribution in [0.2, 0.25) is 0 Å². The molecule has 25 heavy (non-hydrogen) atoms. The van der Waals surface area contributed by atoms with E-state index in [1.807, 2.05) is 24.3 Å². The largest absolute Gasteiger partial charge is 0.484 e. The number of rotatable bonds is 9. The van der Waals surface area contributed by atoms with Gasteiger partial charge in [0.25, 0.3) is 5.91 Å². The normalized spacial score (nSPS) is 11.8. The minimum absolute atomic E-state index is 0.0142. The third kappa shape index (κ3) is 6.26. The molecule has 0 spiro atoms. The van der Waals surface area contributed by atoms with E-state index in [1.54, 1.807) is 0 Å². The Bertz CT molecular complexity index is 647. The van der Waals surface area contributed by atoms with Gasteiger partial charge in [0.05, 0.1) is 0 Å². The molecule has 0 aliphatic rings. The third-order valence-electron chi connectivity index (χ3n) is 4.49. The number of carbonyl (C=O) groups excluding carboxylic acids is 1. The van der Waals surface area contributed by atoms with E-state index in [4.69, 9.17) is 4.74 Å². The van der Waals surface area contributed by atoms with Crippen molar-refractivity contribution in [1.82, 2.24) is 0 Å². The van der Waals surface area contributed by atoms with Gasteiger partial charge >= 0.3 is 0 Å². The van der Waals surface area contributed by atoms with Crippen LogP contribution in [0.15, 0.2) is 48.5 Å². The number of benzene rings is 2. The molecular formula is C22H29NO2. The Morgan fingerprint density at radius 1 is 1.04 bits per heavy atom. The molecule has 0 fully saturated rings. The molecule has 0 aromatic heterocycles. The lowest BCUT2D eigenvalue weighted by Gasteiger charge is -2.11. The van der Waals surface area contributed by atoms with Crippen molar-refractivity contribution in [2.75, 3.05) is 11.9 Å². The highest BCUT2D eigenvalue weighted by atomic mass is 16.5. The predicted octanol–water partition coefficient (Wildman–Crippen LogP) is 5.56. The standard InChI is InChI=1S/C22H29NO2/c1-4-6-7-18-8-12-20(13-9-18)23-22(24)16-25-21-14-10-19(11-15-21)17(3)5-2/h8-15,17H,4-7,16H2,1-3H3,(H,23,24)/t17-/m1/s1. The maximum absolute atomic E-state index is 12.0. The average molecular weight is 339 g/mol. The Kier molecular flexibility index (Phi) is 7.52. The van der Waals surface area contributed by atoms with Crippen LogP contribution in [-0.4, -0.2) is 12.5 Å². The van der Waals surface area contributed by atoms with Crippen molar-refractivity contribution >= 4 is 11.6 Å². The summed E-state index contributed by atoms with van der Waals surface area (Å²) in [7, 11) is 0. The van der Waals surface area contributed by atoms with Crippen molar-refractivity contribution < 1.29 is 9.53 Å². The number of nitrogens with one attached hydrogen (secondary N) is 1. The van der Waals surface area contributed by atoms with Crippen molar-refractivity contribution in [2.45, 2.75) is 52.4 Å². The lowest BCUT2D eigenvalue weighted by atomic mass is 9.99. The molecule has 0 aliphatic heterocycles. The fourth-order valence-electron chi connectivity index (χ4n) is 2.61. The first-order valence-electron chi connectivity index (χ1n) is 9.24. The molecule has 0 saturated carbocycles. The summed E-state index contributed by atoms with van der Waals surface area (Å²) < 4.78 is 5.57. The second-order valence-electron chi connectivity index (χ2n) is 6.52. The Morgan fingerprint density at radius 2 is 1.72 bits per heavy atom. The number of carbonyl (C=O) groups is 1. The molecule has 0 heterocycles. The number of unbranched alkanes of at least 4 members (excludes halogenated alkanes) is 1. The minimum Gasteiger partial charge on any atom is -0.484 e. The Hall–Kier alpha value is -2.29. The van der Waals surface area contributed by atoms with Crippen molar-refractivity contribution in [3.63, 3.8) is 0 Å². The minimum atomic E-state index is -0.146. The molecule has 1 atom stereocenters. The molecule has 2 aromatic rings. The summed E-state index contributed by atoms with van der Waals surface area (Å²) in [6, 6.07) is 16.0. The molecule has 0 radical (unpaired) electrons. The van der Waals surface area contributed by atoms with Gasteiger partial charge in [-0.05, 0) is 60.6 Å². The molecule has 2 rings (SSSR count). The maximum Gasteiger partial charge on any atom is 0.262 e. The molecule has 1 N–H and O–H groups in total. The van der Waals surface area contributed by atoms with Crippen LogP contribution in [0.1, 0.15) is 57.1 Å². The van der Waals surface area contributed by atoms with Crippen LogP contribution in [0.4, 0.5) is 5.69 Å². The van der Waals surface area contributed by atoms with Crippen molar-refractivity contribution in [3.8, 4) is 5.75 Å². The third-order valence-corrected chi connectivity index (χ3v) is 4.49. The van der Waals surface area contributed by atoms with E-state index in [0.29, 0.717) is 5.92 Å². The zero-order chi connectivity index (χ0) is 18.1. The molecule has 0 aliphatic carbocycles. The fourth-order valence-corrected chi connectivity index (χ4v) is 2.61. The number of aryl methyl sites for hydroxylation is 1. The van der Waals surface area contributed by atoms with E-state index in [1.165, 1.54) is 24.0 Å². The Morgan fingerprint density at radius 3 is 2.32 bits per heavy atom. The molecule has 134 valence electrons. The van der Waals surface area contributed by atoms with Gasteiger partial charge in [0, 0.05) is 5.69 Å². The Balaban J connectivity index is 1.80. The molecule has 3 heteroatoms. The highest BCUT2D eigenvalue weighted by molar-refractivity contribution is 5.91. The first-order chi connectivity index (χ1) is 12.1. The van der Waals surface area contributed by atoms with E-state index < -0.39 is 0 Å². The summed E-state index contributed by atoms with van der Waals surface area (Å²) >= 11 is 0. The van der Waals surface area contributed by atoms with Gasteiger partial charge < -0.3 is 10.1 Å². The molecule has 1 amide bonds. The van der Waals surface area contributed by atoms with Crippen LogP contribution in [0.3, 0.4) is 0 Å². The zero-order valence-corrected chi connectivity index (χ0v) is 15.5. The molecule has 0 bridgehead atoms. The van der Waals surface area contributed by atoms with Gasteiger partial charge in [0.2, 0.25) is 0 Å². The number of hydrogen-bond donors (Lipinski definition) is 1. The lowest BCUT2D eigenvalue weighted by Crippen LogP contribution is -2.20. The summed E-state index contributed by atoms with van der Waals surface area (Å²) in [6.45, 7) is 6.58. The summed E-state index contributed by atoms with van der Waals surface area (Å²) in [5.74, 6) is 1.11. The van der Waals surface area contributed by atoms with Crippen LogP contribution in [0, 0.1) is 0 Å². The van der Waals surface area contributed by atoms with E-state index in [-0.39, 0.29) is 12.5 Å². The van der Waals surface area contributed by atoms with E-state index in [2.05, 4.69) is 50.4 Å². The van der Waals surface area contributed by atoms with Crippen LogP contribution in [0.25, 0.3) is 0 Å². The monoisotopic (exact) mass is 339 g/mol. The van der Waals surface area contributed by atoms with Crippen molar-refractivity contribution in [3.05, 3.63) is 59.7 Å². The number of amides is 1. The van der Waals surface area contributed by atoms with E-state index >= 15 is 0 Å². The highest BCUT2D eigenvalue weighted by Crippen LogP contribution is 2.21. The summed E-state index contributed by atoms with van der Waals surface area (Å²) in [6.07, 6.45) is 4.57. The second-order valence-corrected chi connectivity index (χ2v) is 6.52. The van der Waals surface area contributed by atoms with Crippen LogP contribution in [0.5, 0.6) is 5.75 Å². The number of hydrogen-bond acceptors (Lipinski definition) is 2. The first-order valence-corrected chi connectivity index (χ1v) is 9.24. The summed E-state index contributed by atoms with van der Waals surface area (Å²) in [5.41, 5.74) is 3.40. The van der Waals surface area contributed by atoms with Crippen LogP contribution >= 0.6 is 0 Å². The van der Waals surface area contributed by atoms with Crippen LogP contribution < -0.4 is 10.1 Å². The van der Waals surface area contributed by atoms with Gasteiger partial charge in [-0.3, -0.25) is 4.79 Å². The molecular weight excluding hydrogens is 310 g/mol. The molecule has 0 saturated heterocycles. The topological polar surface area (TPSA) is 38.3 Å². The zero-order valence-electron chi connectivity index (χ0n) is 15.5. The first kappa shape index (κ1) is 19.0. The maximum atomic E-state index is 12.0.